The van der Waals surface area contributed by atoms with Crippen LogP contribution < -0.4 is 21.3 Å². The van der Waals surface area contributed by atoms with Gasteiger partial charge in [0, 0.05) is 30.2 Å². The predicted molar refractivity (Wildman–Crippen MR) is 83.7 cm³/mol. The molecule has 0 amide bonds. The second-order valence-corrected chi connectivity index (χ2v) is 4.93. The molecule has 112 valence electrons. The molecule has 21 heavy (non-hydrogen) atoms. The van der Waals surface area contributed by atoms with Crippen molar-refractivity contribution in [2.45, 2.75) is 19.9 Å². The monoisotopic (exact) mass is 288 g/mol. The lowest BCUT2D eigenvalue weighted by Crippen LogP contribution is -2.27. The summed E-state index contributed by atoms with van der Waals surface area (Å²) < 4.78 is 7.18. The zero-order chi connectivity index (χ0) is 15.2. The summed E-state index contributed by atoms with van der Waals surface area (Å²) in [6.45, 7) is 4.81. The van der Waals surface area contributed by atoms with Crippen LogP contribution >= 0.6 is 0 Å². The highest BCUT2D eigenvalue weighted by molar-refractivity contribution is 5.43. The molecule has 0 fully saturated rings. The van der Waals surface area contributed by atoms with Crippen molar-refractivity contribution in [1.29, 1.82) is 0 Å². The van der Waals surface area contributed by atoms with E-state index in [-0.39, 0.29) is 11.6 Å². The summed E-state index contributed by atoms with van der Waals surface area (Å²) in [4.78, 5) is 16.2. The normalized spacial score (nSPS) is 10.6. The third-order valence-corrected chi connectivity index (χ3v) is 2.95. The summed E-state index contributed by atoms with van der Waals surface area (Å²) in [7, 11) is 0. The number of nitrogens with one attached hydrogen (secondary N) is 1. The summed E-state index contributed by atoms with van der Waals surface area (Å²) in [6, 6.07) is 7.32. The predicted octanol–water partition coefficient (Wildman–Crippen LogP) is 1.90. The zero-order valence-corrected chi connectivity index (χ0v) is 12.2. The Morgan fingerprint density at radius 1 is 1.43 bits per heavy atom. The molecule has 0 bridgehead atoms. The minimum absolute atomic E-state index is 0.101. The van der Waals surface area contributed by atoms with Crippen LogP contribution in [-0.2, 0) is 0 Å². The SMILES string of the molecule is CC(C)n1ccnc(NCCOc2cccc(N)c2)c1=O. The van der Waals surface area contributed by atoms with Crippen LogP contribution in [0.1, 0.15) is 19.9 Å². The number of hydrogen-bond acceptors (Lipinski definition) is 5. The van der Waals surface area contributed by atoms with Crippen molar-refractivity contribution in [3.8, 4) is 5.75 Å². The highest BCUT2D eigenvalue weighted by Gasteiger charge is 2.06. The van der Waals surface area contributed by atoms with E-state index in [1.807, 2.05) is 26.0 Å². The van der Waals surface area contributed by atoms with Gasteiger partial charge in [-0.3, -0.25) is 4.79 Å². The highest BCUT2D eigenvalue weighted by atomic mass is 16.5. The lowest BCUT2D eigenvalue weighted by atomic mass is 10.3. The van der Waals surface area contributed by atoms with Crippen LogP contribution in [0.25, 0.3) is 0 Å². The smallest absolute Gasteiger partial charge is 0.293 e. The number of hydrogen-bond donors (Lipinski definition) is 2. The molecule has 1 aromatic heterocycles. The van der Waals surface area contributed by atoms with Gasteiger partial charge in [-0.1, -0.05) is 6.07 Å². The molecule has 6 heteroatoms. The van der Waals surface area contributed by atoms with Gasteiger partial charge in [-0.2, -0.15) is 0 Å². The molecule has 0 aliphatic carbocycles. The van der Waals surface area contributed by atoms with Crippen molar-refractivity contribution in [2.75, 3.05) is 24.2 Å². The number of nitrogens with two attached hydrogens (primary N) is 1. The van der Waals surface area contributed by atoms with Crippen molar-refractivity contribution in [3.63, 3.8) is 0 Å². The van der Waals surface area contributed by atoms with Crippen LogP contribution in [-0.4, -0.2) is 22.7 Å². The van der Waals surface area contributed by atoms with E-state index in [9.17, 15) is 4.79 Å². The van der Waals surface area contributed by atoms with E-state index in [0.717, 1.165) is 0 Å². The number of ether oxygens (including phenoxy) is 1. The molecule has 6 nitrogen and oxygen atoms in total. The molecule has 0 aliphatic rings. The van der Waals surface area contributed by atoms with E-state index >= 15 is 0 Å². The second-order valence-electron chi connectivity index (χ2n) is 4.93. The first-order valence-corrected chi connectivity index (χ1v) is 6.87. The number of aromatic nitrogens is 2. The summed E-state index contributed by atoms with van der Waals surface area (Å²) >= 11 is 0. The van der Waals surface area contributed by atoms with E-state index < -0.39 is 0 Å². The molecule has 1 heterocycles. The van der Waals surface area contributed by atoms with Crippen LogP contribution in [0, 0.1) is 0 Å². The van der Waals surface area contributed by atoms with Gasteiger partial charge in [0.2, 0.25) is 0 Å². The number of rotatable bonds is 6. The van der Waals surface area contributed by atoms with Gasteiger partial charge in [0.05, 0.1) is 6.54 Å². The van der Waals surface area contributed by atoms with Crippen molar-refractivity contribution in [3.05, 3.63) is 47.0 Å². The number of nitrogen functional groups attached to an aromatic ring is 1. The summed E-state index contributed by atoms with van der Waals surface area (Å²) in [6.07, 6.45) is 3.30. The third-order valence-electron chi connectivity index (χ3n) is 2.95. The quantitative estimate of drug-likeness (QED) is 0.626. The largest absolute Gasteiger partial charge is 0.492 e. The molecule has 0 unspecified atom stereocenters. The molecule has 3 N–H and O–H groups in total. The van der Waals surface area contributed by atoms with Gasteiger partial charge in [0.1, 0.15) is 12.4 Å². The molecular formula is C15H20N4O2. The Morgan fingerprint density at radius 3 is 2.95 bits per heavy atom. The van der Waals surface area contributed by atoms with Crippen LogP contribution in [0.3, 0.4) is 0 Å². The Morgan fingerprint density at radius 2 is 2.24 bits per heavy atom. The molecule has 0 radical (unpaired) electrons. The fourth-order valence-electron chi connectivity index (χ4n) is 1.90. The molecule has 0 saturated heterocycles. The maximum absolute atomic E-state index is 12.1. The van der Waals surface area contributed by atoms with Crippen molar-refractivity contribution in [2.24, 2.45) is 0 Å². The van der Waals surface area contributed by atoms with E-state index in [1.165, 1.54) is 0 Å². The van der Waals surface area contributed by atoms with Gasteiger partial charge >= 0.3 is 0 Å². The summed E-state index contributed by atoms with van der Waals surface area (Å²) in [5.41, 5.74) is 6.20. The van der Waals surface area contributed by atoms with Gasteiger partial charge in [0.15, 0.2) is 5.82 Å². The first kappa shape index (κ1) is 14.9. The molecule has 0 saturated carbocycles. The van der Waals surface area contributed by atoms with Gasteiger partial charge in [-0.15, -0.1) is 0 Å². The van der Waals surface area contributed by atoms with Gasteiger partial charge < -0.3 is 20.4 Å². The Bertz CT molecular complexity index is 652. The second kappa shape index (κ2) is 6.78. The minimum Gasteiger partial charge on any atom is -0.492 e. The molecule has 0 spiro atoms. The molecule has 0 aliphatic heterocycles. The average molecular weight is 288 g/mol. The molecule has 1 aromatic carbocycles. The first-order chi connectivity index (χ1) is 10.1. The topological polar surface area (TPSA) is 82.2 Å². The van der Waals surface area contributed by atoms with Gasteiger partial charge in [0.25, 0.3) is 5.56 Å². The van der Waals surface area contributed by atoms with Crippen LogP contribution in [0.15, 0.2) is 41.5 Å². The minimum atomic E-state index is -0.128. The van der Waals surface area contributed by atoms with Gasteiger partial charge in [-0.25, -0.2) is 4.98 Å². The van der Waals surface area contributed by atoms with Crippen molar-refractivity contribution < 1.29 is 4.74 Å². The van der Waals surface area contributed by atoms with Crippen LogP contribution in [0.5, 0.6) is 5.75 Å². The number of nitrogens with zero attached hydrogens (tertiary/aromatic N) is 2. The fourth-order valence-corrected chi connectivity index (χ4v) is 1.90. The van der Waals surface area contributed by atoms with Crippen molar-refractivity contribution in [1.82, 2.24) is 9.55 Å². The van der Waals surface area contributed by atoms with Gasteiger partial charge in [-0.05, 0) is 26.0 Å². The van der Waals surface area contributed by atoms with E-state index in [1.54, 1.807) is 29.1 Å². The molecule has 2 rings (SSSR count). The standard InChI is InChI=1S/C15H20N4O2/c1-11(2)19-8-6-17-14(15(19)20)18-7-9-21-13-5-3-4-12(16)10-13/h3-6,8,10-11H,7,9,16H2,1-2H3,(H,17,18). The summed E-state index contributed by atoms with van der Waals surface area (Å²) in [5, 5.41) is 2.99. The maximum atomic E-state index is 12.1. The van der Waals surface area contributed by atoms with Crippen LogP contribution in [0.2, 0.25) is 0 Å². The van der Waals surface area contributed by atoms with E-state index in [4.69, 9.17) is 10.5 Å². The molecular weight excluding hydrogens is 268 g/mol. The molecule has 2 aromatic rings. The Balaban J connectivity index is 1.89. The maximum Gasteiger partial charge on any atom is 0.293 e. The van der Waals surface area contributed by atoms with E-state index in [0.29, 0.717) is 30.4 Å². The number of anilines is 2. The number of benzene rings is 1. The van der Waals surface area contributed by atoms with Crippen LogP contribution in [0.4, 0.5) is 11.5 Å². The molecule has 0 atom stereocenters. The fraction of sp³-hybridized carbons (Fsp3) is 0.333. The lowest BCUT2D eigenvalue weighted by molar-refractivity contribution is 0.333. The Labute approximate surface area is 123 Å². The highest BCUT2D eigenvalue weighted by Crippen LogP contribution is 2.14. The summed E-state index contributed by atoms with van der Waals surface area (Å²) in [5.74, 6) is 1.04. The van der Waals surface area contributed by atoms with Crippen molar-refractivity contribution >= 4 is 11.5 Å². The van der Waals surface area contributed by atoms with E-state index in [2.05, 4.69) is 10.3 Å². The zero-order valence-electron chi connectivity index (χ0n) is 12.2. The average Bonchev–Trinajstić information content (AvgIpc) is 2.45. The third kappa shape index (κ3) is 3.98. The Kier molecular flexibility index (Phi) is 4.81. The Hall–Kier alpha value is -2.50. The first-order valence-electron chi connectivity index (χ1n) is 6.87. The lowest BCUT2D eigenvalue weighted by Gasteiger charge is -2.12.